The molecule has 0 bridgehead atoms. The predicted octanol–water partition coefficient (Wildman–Crippen LogP) is -3.94. The largest absolute Gasteiger partial charge is 0.481 e. The Balaban J connectivity index is 5.02. The first kappa shape index (κ1) is 26.5. The molecule has 13 nitrogen and oxygen atoms in total. The van der Waals surface area contributed by atoms with Crippen LogP contribution in [0.1, 0.15) is 12.8 Å². The lowest BCUT2D eigenvalue weighted by Gasteiger charge is -2.23. The fraction of sp³-hybridized carbons (Fsp3) is 0.571. The van der Waals surface area contributed by atoms with Gasteiger partial charge in [-0.2, -0.15) is 25.3 Å². The van der Waals surface area contributed by atoms with Crippen molar-refractivity contribution in [3.8, 4) is 0 Å². The molecule has 0 aliphatic heterocycles. The Morgan fingerprint density at radius 1 is 0.759 bits per heavy atom. The number of carbonyl (C=O) groups excluding carboxylic acids is 4. The van der Waals surface area contributed by atoms with E-state index in [9.17, 15) is 28.8 Å². The maximum Gasteiger partial charge on any atom is 0.326 e. The number of hydrogen-bond acceptors (Lipinski definition) is 9. The van der Waals surface area contributed by atoms with E-state index in [0.29, 0.717) is 0 Å². The van der Waals surface area contributed by atoms with Gasteiger partial charge in [0, 0.05) is 11.5 Å². The number of rotatable bonds is 13. The first-order chi connectivity index (χ1) is 13.4. The topological polar surface area (TPSA) is 231 Å². The van der Waals surface area contributed by atoms with Crippen molar-refractivity contribution in [1.29, 1.82) is 0 Å². The fourth-order valence-electron chi connectivity index (χ4n) is 1.89. The maximum absolute atomic E-state index is 12.3. The zero-order chi connectivity index (χ0) is 22.7. The third kappa shape index (κ3) is 10.00. The Labute approximate surface area is 176 Å². The van der Waals surface area contributed by atoms with E-state index in [-0.39, 0.29) is 11.5 Å². The number of thiol groups is 2. The molecule has 9 N–H and O–H groups in total. The van der Waals surface area contributed by atoms with Crippen molar-refractivity contribution in [1.82, 2.24) is 16.0 Å². The molecule has 4 amide bonds. The highest BCUT2D eigenvalue weighted by Gasteiger charge is 2.30. The van der Waals surface area contributed by atoms with Gasteiger partial charge in [-0.15, -0.1) is 0 Å². The highest BCUT2D eigenvalue weighted by molar-refractivity contribution is 7.80. The van der Waals surface area contributed by atoms with E-state index in [1.54, 1.807) is 0 Å². The summed E-state index contributed by atoms with van der Waals surface area (Å²) in [6, 6.07) is -5.58. The summed E-state index contributed by atoms with van der Waals surface area (Å²) in [4.78, 5) is 68.9. The molecule has 0 aromatic rings. The first-order valence-corrected chi connectivity index (χ1v) is 9.30. The smallest absolute Gasteiger partial charge is 0.326 e. The van der Waals surface area contributed by atoms with Gasteiger partial charge in [0.05, 0.1) is 18.9 Å². The van der Waals surface area contributed by atoms with E-state index in [2.05, 4.69) is 35.9 Å². The van der Waals surface area contributed by atoms with Crippen molar-refractivity contribution < 1.29 is 39.0 Å². The summed E-state index contributed by atoms with van der Waals surface area (Å²) in [6.45, 7) is 0. The number of nitrogens with one attached hydrogen (secondary N) is 3. The highest BCUT2D eigenvalue weighted by Crippen LogP contribution is 1.99. The second-order valence-corrected chi connectivity index (χ2v) is 6.49. The number of amides is 4. The summed E-state index contributed by atoms with van der Waals surface area (Å²) in [5.41, 5.74) is 10.3. The van der Waals surface area contributed by atoms with Crippen LogP contribution in [0.25, 0.3) is 0 Å². The van der Waals surface area contributed by atoms with Gasteiger partial charge in [-0.3, -0.25) is 24.0 Å². The Morgan fingerprint density at radius 3 is 1.52 bits per heavy atom. The Morgan fingerprint density at radius 2 is 1.17 bits per heavy atom. The van der Waals surface area contributed by atoms with Crippen LogP contribution in [0.5, 0.6) is 0 Å². The number of primary amides is 1. The van der Waals surface area contributed by atoms with Crippen molar-refractivity contribution in [2.45, 2.75) is 37.0 Å². The van der Waals surface area contributed by atoms with Gasteiger partial charge in [-0.1, -0.05) is 0 Å². The predicted molar refractivity (Wildman–Crippen MR) is 105 cm³/mol. The molecule has 0 radical (unpaired) electrons. The van der Waals surface area contributed by atoms with Crippen LogP contribution in [0.2, 0.25) is 0 Å². The van der Waals surface area contributed by atoms with Crippen LogP contribution in [-0.2, 0) is 28.8 Å². The number of carboxylic acid groups (broad SMARTS) is 2. The lowest BCUT2D eigenvalue weighted by atomic mass is 10.1. The van der Waals surface area contributed by atoms with Crippen molar-refractivity contribution in [3.05, 3.63) is 0 Å². The maximum atomic E-state index is 12.3. The zero-order valence-electron chi connectivity index (χ0n) is 15.0. The SMILES string of the molecule is NC(=O)CC(NC(=O)C(CS)NC(=O)C(CS)NC(=O)C(N)CC(=O)O)C(=O)O. The molecule has 15 heteroatoms. The molecule has 0 aliphatic carbocycles. The average molecular weight is 453 g/mol. The van der Waals surface area contributed by atoms with Crippen LogP contribution in [0.4, 0.5) is 0 Å². The molecule has 0 heterocycles. The van der Waals surface area contributed by atoms with Crippen LogP contribution in [0.3, 0.4) is 0 Å². The zero-order valence-corrected chi connectivity index (χ0v) is 16.8. The second kappa shape index (κ2) is 12.8. The van der Waals surface area contributed by atoms with Gasteiger partial charge < -0.3 is 37.6 Å². The van der Waals surface area contributed by atoms with Gasteiger partial charge in [0.1, 0.15) is 18.1 Å². The average Bonchev–Trinajstić information content (AvgIpc) is 2.61. The number of hydrogen-bond donors (Lipinski definition) is 9. The van der Waals surface area contributed by atoms with Crippen LogP contribution >= 0.6 is 25.3 Å². The quantitative estimate of drug-likeness (QED) is 0.124. The van der Waals surface area contributed by atoms with E-state index in [1.165, 1.54) is 0 Å². The van der Waals surface area contributed by atoms with E-state index in [4.69, 9.17) is 21.7 Å². The molecule has 0 aliphatic rings. The lowest BCUT2D eigenvalue weighted by molar-refractivity contribution is -0.143. The van der Waals surface area contributed by atoms with Crippen molar-refractivity contribution in [2.24, 2.45) is 11.5 Å². The van der Waals surface area contributed by atoms with E-state index < -0.39 is 72.6 Å². The molecule has 0 rings (SSSR count). The van der Waals surface area contributed by atoms with Gasteiger partial charge in [-0.05, 0) is 0 Å². The van der Waals surface area contributed by atoms with Gasteiger partial charge in [0.2, 0.25) is 23.6 Å². The minimum absolute atomic E-state index is 0.211. The molecule has 0 fully saturated rings. The van der Waals surface area contributed by atoms with Crippen molar-refractivity contribution in [2.75, 3.05) is 11.5 Å². The summed E-state index contributed by atoms with van der Waals surface area (Å²) in [5, 5.41) is 24.1. The molecule has 0 spiro atoms. The van der Waals surface area contributed by atoms with Gasteiger partial charge >= 0.3 is 11.9 Å². The monoisotopic (exact) mass is 453 g/mol. The summed E-state index contributed by atoms with van der Waals surface area (Å²) in [5.74, 6) is -6.96. The Bertz CT molecular complexity index is 662. The number of aliphatic carboxylic acids is 2. The molecule has 164 valence electrons. The summed E-state index contributed by atoms with van der Waals surface area (Å²) >= 11 is 7.82. The molecule has 0 aromatic heterocycles. The molecular weight excluding hydrogens is 430 g/mol. The molecule has 29 heavy (non-hydrogen) atoms. The first-order valence-electron chi connectivity index (χ1n) is 8.04. The third-order valence-corrected chi connectivity index (χ3v) is 4.11. The van der Waals surface area contributed by atoms with Crippen LogP contribution < -0.4 is 27.4 Å². The van der Waals surface area contributed by atoms with Crippen LogP contribution in [0.15, 0.2) is 0 Å². The minimum Gasteiger partial charge on any atom is -0.481 e. The summed E-state index contributed by atoms with van der Waals surface area (Å²) in [6.07, 6.45) is -1.32. The summed E-state index contributed by atoms with van der Waals surface area (Å²) < 4.78 is 0. The van der Waals surface area contributed by atoms with E-state index >= 15 is 0 Å². The Kier molecular flexibility index (Phi) is 11.7. The van der Waals surface area contributed by atoms with Gasteiger partial charge in [0.25, 0.3) is 0 Å². The van der Waals surface area contributed by atoms with Gasteiger partial charge in [0.15, 0.2) is 0 Å². The third-order valence-electron chi connectivity index (χ3n) is 3.38. The normalized spacial score (nSPS) is 14.6. The Hall–Kier alpha value is -2.52. The summed E-state index contributed by atoms with van der Waals surface area (Å²) in [7, 11) is 0. The number of nitrogens with two attached hydrogens (primary N) is 2. The van der Waals surface area contributed by atoms with Gasteiger partial charge in [-0.25, -0.2) is 4.79 Å². The van der Waals surface area contributed by atoms with E-state index in [0.717, 1.165) is 0 Å². The molecule has 4 atom stereocenters. The van der Waals surface area contributed by atoms with Crippen LogP contribution in [0, 0.1) is 0 Å². The molecule has 0 aromatic carbocycles. The number of carbonyl (C=O) groups is 6. The minimum atomic E-state index is -1.60. The molecule has 0 saturated heterocycles. The van der Waals surface area contributed by atoms with E-state index in [1.807, 2.05) is 5.32 Å². The van der Waals surface area contributed by atoms with Crippen LogP contribution in [-0.4, -0.2) is 81.5 Å². The standard InChI is InChI=1S/C14H23N5O8S2/c15-5(1-10(21)22)11(23)18-7(3-28)13(25)19-8(4-29)12(24)17-6(14(26)27)2-9(16)20/h5-8,28-29H,1-4,15H2,(H2,16,20)(H,17,24)(H,18,23)(H,19,25)(H,21,22)(H,26,27). The highest BCUT2D eigenvalue weighted by atomic mass is 32.1. The molecule has 4 unspecified atom stereocenters. The van der Waals surface area contributed by atoms with Crippen molar-refractivity contribution in [3.63, 3.8) is 0 Å². The fourth-order valence-corrected chi connectivity index (χ4v) is 2.41. The van der Waals surface area contributed by atoms with Crippen molar-refractivity contribution >= 4 is 60.8 Å². The molecular formula is C14H23N5O8S2. The molecule has 0 saturated carbocycles. The number of carboxylic acids is 2. The second-order valence-electron chi connectivity index (χ2n) is 5.76. The lowest BCUT2D eigenvalue weighted by Crippen LogP contribution is -2.58.